The zero-order valence-corrected chi connectivity index (χ0v) is 10.7. The fourth-order valence-electron chi connectivity index (χ4n) is 2.45. The molecule has 2 rings (SSSR count). The molecule has 0 saturated heterocycles. The first-order chi connectivity index (χ1) is 9.19. The van der Waals surface area contributed by atoms with Crippen LogP contribution in [0.3, 0.4) is 0 Å². The fourth-order valence-corrected chi connectivity index (χ4v) is 2.45. The Morgan fingerprint density at radius 2 is 2.21 bits per heavy atom. The van der Waals surface area contributed by atoms with Crippen LogP contribution in [0.25, 0.3) is 0 Å². The predicted molar refractivity (Wildman–Crippen MR) is 69.2 cm³/mol. The summed E-state index contributed by atoms with van der Waals surface area (Å²) in [6, 6.07) is 6.05. The number of nitrogens with zero attached hydrogens (tertiary/aromatic N) is 2. The molecule has 0 unspecified atom stereocenters. The summed E-state index contributed by atoms with van der Waals surface area (Å²) in [4.78, 5) is 14.8. The van der Waals surface area contributed by atoms with E-state index < -0.39 is 5.97 Å². The highest BCUT2D eigenvalue weighted by Crippen LogP contribution is 2.24. The van der Waals surface area contributed by atoms with Gasteiger partial charge < -0.3 is 10.4 Å². The van der Waals surface area contributed by atoms with E-state index in [1.807, 2.05) is 12.1 Å². The average molecular weight is 259 g/mol. The Morgan fingerprint density at radius 3 is 2.84 bits per heavy atom. The number of hydrogen-bond acceptors (Lipinski definition) is 4. The van der Waals surface area contributed by atoms with Crippen LogP contribution in [-0.4, -0.2) is 22.1 Å². The van der Waals surface area contributed by atoms with Crippen LogP contribution in [0.2, 0.25) is 0 Å². The smallest absolute Gasteiger partial charge is 0.306 e. The number of nitrogens with one attached hydrogen (secondary N) is 1. The van der Waals surface area contributed by atoms with Crippen molar-refractivity contribution in [1.82, 2.24) is 10.3 Å². The van der Waals surface area contributed by atoms with E-state index in [-0.39, 0.29) is 5.92 Å². The quantitative estimate of drug-likeness (QED) is 0.859. The van der Waals surface area contributed by atoms with E-state index in [0.717, 1.165) is 31.2 Å². The summed E-state index contributed by atoms with van der Waals surface area (Å²) in [5.41, 5.74) is 1.46. The van der Waals surface area contributed by atoms with Crippen molar-refractivity contribution in [3.63, 3.8) is 0 Å². The van der Waals surface area contributed by atoms with Crippen molar-refractivity contribution in [1.29, 1.82) is 5.26 Å². The van der Waals surface area contributed by atoms with Crippen molar-refractivity contribution in [3.8, 4) is 6.07 Å². The van der Waals surface area contributed by atoms with Crippen molar-refractivity contribution in [2.45, 2.75) is 38.3 Å². The molecule has 5 heteroatoms. The maximum Gasteiger partial charge on any atom is 0.306 e. The first kappa shape index (κ1) is 13.5. The molecule has 1 aliphatic rings. The maximum atomic E-state index is 10.9. The molecule has 1 aliphatic carbocycles. The molecule has 0 spiro atoms. The lowest BCUT2D eigenvalue weighted by Crippen LogP contribution is -2.34. The minimum absolute atomic E-state index is 0.177. The summed E-state index contributed by atoms with van der Waals surface area (Å²) in [5, 5.41) is 21.1. The Morgan fingerprint density at radius 1 is 1.47 bits per heavy atom. The van der Waals surface area contributed by atoms with Gasteiger partial charge in [-0.2, -0.15) is 5.26 Å². The first-order valence-electron chi connectivity index (χ1n) is 6.50. The molecule has 0 aliphatic heterocycles. The summed E-state index contributed by atoms with van der Waals surface area (Å²) in [5.74, 6) is -0.851. The summed E-state index contributed by atoms with van der Waals surface area (Å²) in [7, 11) is 0. The summed E-state index contributed by atoms with van der Waals surface area (Å²) >= 11 is 0. The largest absolute Gasteiger partial charge is 0.481 e. The summed E-state index contributed by atoms with van der Waals surface area (Å²) in [6.45, 7) is 0.694. The lowest BCUT2D eigenvalue weighted by molar-refractivity contribution is -0.142. The number of aliphatic carboxylic acids is 1. The van der Waals surface area contributed by atoms with Gasteiger partial charge in [-0.15, -0.1) is 0 Å². The van der Waals surface area contributed by atoms with Crippen molar-refractivity contribution >= 4 is 5.97 Å². The summed E-state index contributed by atoms with van der Waals surface area (Å²) < 4.78 is 0. The third kappa shape index (κ3) is 3.76. The van der Waals surface area contributed by atoms with Crippen molar-refractivity contribution < 1.29 is 9.90 Å². The van der Waals surface area contributed by atoms with E-state index in [1.54, 1.807) is 12.3 Å². The van der Waals surface area contributed by atoms with Crippen LogP contribution in [0.4, 0.5) is 0 Å². The molecule has 1 heterocycles. The Kier molecular flexibility index (Phi) is 4.48. The number of hydrogen-bond donors (Lipinski definition) is 2. The minimum atomic E-state index is -0.675. The second kappa shape index (κ2) is 6.30. The number of pyridine rings is 1. The van der Waals surface area contributed by atoms with Crippen LogP contribution in [0.15, 0.2) is 18.3 Å². The Hall–Kier alpha value is -1.93. The lowest BCUT2D eigenvalue weighted by atomic mass is 9.86. The van der Waals surface area contributed by atoms with Gasteiger partial charge in [0.2, 0.25) is 0 Å². The van der Waals surface area contributed by atoms with Gasteiger partial charge in [-0.05, 0) is 43.4 Å². The molecule has 0 radical (unpaired) electrons. The number of aromatic nitrogens is 1. The molecule has 1 aromatic rings. The van der Waals surface area contributed by atoms with Gasteiger partial charge in [0.1, 0.15) is 11.8 Å². The fraction of sp³-hybridized carbons (Fsp3) is 0.500. The van der Waals surface area contributed by atoms with Crippen molar-refractivity contribution in [2.24, 2.45) is 5.92 Å². The van der Waals surface area contributed by atoms with E-state index in [1.165, 1.54) is 0 Å². The molecule has 0 amide bonds. The minimum Gasteiger partial charge on any atom is -0.481 e. The molecule has 2 N–H and O–H groups in total. The molecule has 5 nitrogen and oxygen atoms in total. The van der Waals surface area contributed by atoms with E-state index >= 15 is 0 Å². The number of carboxylic acid groups (broad SMARTS) is 1. The molecule has 1 saturated carbocycles. The van der Waals surface area contributed by atoms with Gasteiger partial charge >= 0.3 is 5.97 Å². The van der Waals surface area contributed by atoms with Crippen molar-refractivity contribution in [2.75, 3.05) is 0 Å². The molecule has 19 heavy (non-hydrogen) atoms. The Labute approximate surface area is 112 Å². The SMILES string of the molecule is N#Cc1cc(CNC2CCC(C(=O)O)CC2)ccn1. The third-order valence-electron chi connectivity index (χ3n) is 3.61. The number of nitriles is 1. The van der Waals surface area contributed by atoms with Crippen LogP contribution in [0.1, 0.15) is 36.9 Å². The predicted octanol–water partition coefficient (Wildman–Crippen LogP) is 1.69. The maximum absolute atomic E-state index is 10.9. The van der Waals surface area contributed by atoms with Gasteiger partial charge in [0.05, 0.1) is 5.92 Å². The number of carbonyl (C=O) groups is 1. The van der Waals surface area contributed by atoms with Gasteiger partial charge in [-0.1, -0.05) is 0 Å². The molecule has 0 bridgehead atoms. The van der Waals surface area contributed by atoms with Crippen LogP contribution in [0, 0.1) is 17.2 Å². The van der Waals surface area contributed by atoms with Gasteiger partial charge in [-0.3, -0.25) is 4.79 Å². The highest BCUT2D eigenvalue weighted by atomic mass is 16.4. The standard InChI is InChI=1S/C14H17N3O2/c15-8-13-7-10(5-6-16-13)9-17-12-3-1-11(2-4-12)14(18)19/h5-7,11-12,17H,1-4,9H2,(H,18,19). The van der Waals surface area contributed by atoms with E-state index in [4.69, 9.17) is 10.4 Å². The highest BCUT2D eigenvalue weighted by Gasteiger charge is 2.25. The second-order valence-electron chi connectivity index (χ2n) is 4.93. The molecule has 1 fully saturated rings. The molecule has 0 atom stereocenters. The molecular formula is C14H17N3O2. The van der Waals surface area contributed by atoms with Gasteiger partial charge in [0, 0.05) is 18.8 Å². The number of carboxylic acids is 1. The monoisotopic (exact) mass is 259 g/mol. The molecule has 1 aromatic heterocycles. The second-order valence-corrected chi connectivity index (χ2v) is 4.93. The summed E-state index contributed by atoms with van der Waals surface area (Å²) in [6.07, 6.45) is 4.91. The first-order valence-corrected chi connectivity index (χ1v) is 6.50. The van der Waals surface area contributed by atoms with Gasteiger partial charge in [0.25, 0.3) is 0 Å². The van der Waals surface area contributed by atoms with E-state index in [9.17, 15) is 4.79 Å². The topological polar surface area (TPSA) is 86.0 Å². The van der Waals surface area contributed by atoms with Gasteiger partial charge in [0.15, 0.2) is 0 Å². The average Bonchev–Trinajstić information content (AvgIpc) is 2.46. The lowest BCUT2D eigenvalue weighted by Gasteiger charge is -2.27. The van der Waals surface area contributed by atoms with Crippen LogP contribution in [-0.2, 0) is 11.3 Å². The van der Waals surface area contributed by atoms with Crippen LogP contribution >= 0.6 is 0 Å². The molecular weight excluding hydrogens is 242 g/mol. The normalized spacial score (nSPS) is 22.7. The molecule has 0 aromatic carbocycles. The van der Waals surface area contributed by atoms with E-state index in [0.29, 0.717) is 18.3 Å². The highest BCUT2D eigenvalue weighted by molar-refractivity contribution is 5.70. The molecule has 100 valence electrons. The Balaban J connectivity index is 1.80. The van der Waals surface area contributed by atoms with Gasteiger partial charge in [-0.25, -0.2) is 4.98 Å². The third-order valence-corrected chi connectivity index (χ3v) is 3.61. The van der Waals surface area contributed by atoms with E-state index in [2.05, 4.69) is 10.3 Å². The van der Waals surface area contributed by atoms with Crippen molar-refractivity contribution in [3.05, 3.63) is 29.6 Å². The zero-order chi connectivity index (χ0) is 13.7. The zero-order valence-electron chi connectivity index (χ0n) is 10.7. The van der Waals surface area contributed by atoms with Crippen LogP contribution in [0.5, 0.6) is 0 Å². The Bertz CT molecular complexity index is 488. The van der Waals surface area contributed by atoms with Crippen LogP contribution < -0.4 is 5.32 Å². The number of rotatable bonds is 4.